The molecule has 0 atom stereocenters. The van der Waals surface area contributed by atoms with Crippen molar-refractivity contribution in [3.63, 3.8) is 0 Å². The second-order valence-electron chi connectivity index (χ2n) is 2.83. The van der Waals surface area contributed by atoms with E-state index in [9.17, 15) is 17.6 Å². The van der Waals surface area contributed by atoms with Gasteiger partial charge in [-0.3, -0.25) is 0 Å². The Labute approximate surface area is 90.9 Å². The summed E-state index contributed by atoms with van der Waals surface area (Å²) in [5.74, 6) is -0.632. The molecular weight excluding hydrogens is 234 g/mol. The fraction of sp³-hybridized carbons (Fsp3) is 0.333. The van der Waals surface area contributed by atoms with Gasteiger partial charge < -0.3 is 5.32 Å². The molecule has 0 bridgehead atoms. The maximum Gasteiger partial charge on any atom is 0.416 e. The lowest BCUT2D eigenvalue weighted by Crippen LogP contribution is -2.10. The van der Waals surface area contributed by atoms with E-state index in [-0.39, 0.29) is 24.5 Å². The van der Waals surface area contributed by atoms with Gasteiger partial charge in [-0.2, -0.15) is 13.2 Å². The van der Waals surface area contributed by atoms with Gasteiger partial charge in [0.1, 0.15) is 5.82 Å². The number of nitrogens with one attached hydrogen (secondary N) is 1. The first kappa shape index (κ1) is 14.2. The molecule has 0 amide bonds. The third-order valence-corrected chi connectivity index (χ3v) is 1.74. The Morgan fingerprint density at radius 1 is 1.27 bits per heavy atom. The van der Waals surface area contributed by atoms with Crippen LogP contribution in [0.4, 0.5) is 17.6 Å². The molecule has 0 aliphatic carbocycles. The Morgan fingerprint density at radius 3 is 2.33 bits per heavy atom. The second kappa shape index (κ2) is 5.32. The fourth-order valence-electron chi connectivity index (χ4n) is 1.08. The highest BCUT2D eigenvalue weighted by molar-refractivity contribution is 5.85. The monoisotopic (exact) mass is 243 g/mol. The minimum absolute atomic E-state index is 0. The highest BCUT2D eigenvalue weighted by atomic mass is 35.5. The van der Waals surface area contributed by atoms with Crippen molar-refractivity contribution in [2.75, 3.05) is 7.05 Å². The second-order valence-corrected chi connectivity index (χ2v) is 2.83. The molecule has 1 N–H and O–H groups in total. The summed E-state index contributed by atoms with van der Waals surface area (Å²) in [6, 6.07) is 2.37. The van der Waals surface area contributed by atoms with Gasteiger partial charge in [0.15, 0.2) is 0 Å². The van der Waals surface area contributed by atoms with Gasteiger partial charge in [-0.1, -0.05) is 0 Å². The summed E-state index contributed by atoms with van der Waals surface area (Å²) in [6.45, 7) is 0.0791. The minimum atomic E-state index is -4.42. The van der Waals surface area contributed by atoms with Crippen LogP contribution in [-0.4, -0.2) is 7.05 Å². The summed E-state index contributed by atoms with van der Waals surface area (Å²) in [4.78, 5) is 0. The Bertz CT molecular complexity index is 324. The van der Waals surface area contributed by atoms with Crippen LogP contribution < -0.4 is 5.32 Å². The summed E-state index contributed by atoms with van der Waals surface area (Å²) >= 11 is 0. The van der Waals surface area contributed by atoms with E-state index in [1.54, 1.807) is 7.05 Å². The molecular formula is C9H10ClF4N. The number of rotatable bonds is 2. The smallest absolute Gasteiger partial charge is 0.316 e. The first-order valence-electron chi connectivity index (χ1n) is 3.95. The molecule has 0 aliphatic rings. The lowest BCUT2D eigenvalue weighted by atomic mass is 10.1. The molecule has 1 aromatic carbocycles. The Kier molecular flexibility index (Phi) is 5.03. The van der Waals surface area contributed by atoms with Gasteiger partial charge in [0.2, 0.25) is 0 Å². The van der Waals surface area contributed by atoms with Crippen molar-refractivity contribution in [1.82, 2.24) is 5.32 Å². The van der Waals surface area contributed by atoms with Gasteiger partial charge in [0.25, 0.3) is 0 Å². The number of hydrogen-bond donors (Lipinski definition) is 1. The molecule has 1 rings (SSSR count). The van der Waals surface area contributed by atoms with E-state index >= 15 is 0 Å². The molecule has 0 radical (unpaired) electrons. The van der Waals surface area contributed by atoms with Crippen molar-refractivity contribution >= 4 is 12.4 Å². The average Bonchev–Trinajstić information content (AvgIpc) is 2.07. The van der Waals surface area contributed by atoms with Crippen molar-refractivity contribution in [3.8, 4) is 0 Å². The molecule has 0 fully saturated rings. The van der Waals surface area contributed by atoms with Gasteiger partial charge in [-0.05, 0) is 25.2 Å². The number of benzene rings is 1. The van der Waals surface area contributed by atoms with Gasteiger partial charge in [0.05, 0.1) is 5.56 Å². The molecule has 86 valence electrons. The third-order valence-electron chi connectivity index (χ3n) is 1.74. The van der Waals surface area contributed by atoms with Crippen LogP contribution >= 0.6 is 12.4 Å². The topological polar surface area (TPSA) is 12.0 Å². The molecule has 0 aliphatic heterocycles. The van der Waals surface area contributed by atoms with Crippen LogP contribution in [-0.2, 0) is 12.7 Å². The van der Waals surface area contributed by atoms with Crippen LogP contribution in [0.25, 0.3) is 0 Å². The first-order valence-corrected chi connectivity index (χ1v) is 3.95. The molecule has 0 unspecified atom stereocenters. The molecule has 15 heavy (non-hydrogen) atoms. The van der Waals surface area contributed by atoms with Gasteiger partial charge in [-0.25, -0.2) is 4.39 Å². The number of halogens is 5. The van der Waals surface area contributed by atoms with E-state index in [1.807, 2.05) is 0 Å². The standard InChI is InChI=1S/C9H9F4N.ClH/c1-14-5-6-4-7(9(11,12)13)2-3-8(6)10;/h2-4,14H,5H2,1H3;1H. The zero-order chi connectivity index (χ0) is 10.8. The lowest BCUT2D eigenvalue weighted by molar-refractivity contribution is -0.137. The maximum absolute atomic E-state index is 12.9. The molecule has 0 saturated heterocycles. The molecule has 0 heterocycles. The van der Waals surface area contributed by atoms with Crippen LogP contribution in [0.1, 0.15) is 11.1 Å². The zero-order valence-electron chi connectivity index (χ0n) is 7.86. The fourth-order valence-corrected chi connectivity index (χ4v) is 1.08. The Hall–Kier alpha value is -0.810. The predicted octanol–water partition coefficient (Wildman–Crippen LogP) is 2.99. The quantitative estimate of drug-likeness (QED) is 0.788. The molecule has 6 heteroatoms. The first-order chi connectivity index (χ1) is 6.45. The van der Waals surface area contributed by atoms with Crippen LogP contribution in [0.2, 0.25) is 0 Å². The average molecular weight is 244 g/mol. The highest BCUT2D eigenvalue weighted by Crippen LogP contribution is 2.30. The van der Waals surface area contributed by atoms with Crippen molar-refractivity contribution in [3.05, 3.63) is 35.1 Å². The van der Waals surface area contributed by atoms with E-state index < -0.39 is 17.6 Å². The summed E-state index contributed by atoms with van der Waals surface area (Å²) in [6.07, 6.45) is -4.42. The van der Waals surface area contributed by atoms with Crippen molar-refractivity contribution < 1.29 is 17.6 Å². The minimum Gasteiger partial charge on any atom is -0.316 e. The molecule has 0 spiro atoms. The molecule has 0 saturated carbocycles. The van der Waals surface area contributed by atoms with Crippen LogP contribution in [0, 0.1) is 5.82 Å². The number of hydrogen-bond acceptors (Lipinski definition) is 1. The van der Waals surface area contributed by atoms with Gasteiger partial charge in [0, 0.05) is 12.1 Å². The predicted molar refractivity (Wildman–Crippen MR) is 51.4 cm³/mol. The van der Waals surface area contributed by atoms with E-state index in [4.69, 9.17) is 0 Å². The summed E-state index contributed by atoms with van der Waals surface area (Å²) in [5, 5.41) is 2.60. The van der Waals surface area contributed by atoms with E-state index in [0.29, 0.717) is 0 Å². The zero-order valence-corrected chi connectivity index (χ0v) is 8.68. The summed E-state index contributed by atoms with van der Waals surface area (Å²) < 4.78 is 49.5. The van der Waals surface area contributed by atoms with Crippen molar-refractivity contribution in [1.29, 1.82) is 0 Å². The van der Waals surface area contributed by atoms with Crippen LogP contribution in [0.5, 0.6) is 0 Å². The van der Waals surface area contributed by atoms with Gasteiger partial charge >= 0.3 is 6.18 Å². The van der Waals surface area contributed by atoms with Crippen molar-refractivity contribution in [2.45, 2.75) is 12.7 Å². The van der Waals surface area contributed by atoms with Crippen LogP contribution in [0.3, 0.4) is 0 Å². The summed E-state index contributed by atoms with van der Waals surface area (Å²) in [5.41, 5.74) is -0.813. The SMILES string of the molecule is CNCc1cc(C(F)(F)F)ccc1F.Cl. The molecule has 1 aromatic rings. The Balaban J connectivity index is 0.00000196. The van der Waals surface area contributed by atoms with Crippen molar-refractivity contribution in [2.24, 2.45) is 0 Å². The molecule has 0 aromatic heterocycles. The third kappa shape index (κ3) is 3.68. The van der Waals surface area contributed by atoms with Gasteiger partial charge in [-0.15, -0.1) is 12.4 Å². The highest BCUT2D eigenvalue weighted by Gasteiger charge is 2.30. The normalized spacial score (nSPS) is 11.0. The summed E-state index contributed by atoms with van der Waals surface area (Å²) in [7, 11) is 1.54. The Morgan fingerprint density at radius 2 is 1.87 bits per heavy atom. The number of alkyl halides is 3. The largest absolute Gasteiger partial charge is 0.416 e. The molecule has 1 nitrogen and oxygen atoms in total. The van der Waals surface area contributed by atoms with E-state index in [2.05, 4.69) is 5.32 Å². The van der Waals surface area contributed by atoms with E-state index in [1.165, 1.54) is 0 Å². The van der Waals surface area contributed by atoms with E-state index in [0.717, 1.165) is 18.2 Å². The van der Waals surface area contributed by atoms with Crippen LogP contribution in [0.15, 0.2) is 18.2 Å². The lowest BCUT2D eigenvalue weighted by Gasteiger charge is -2.09. The maximum atomic E-state index is 12.9.